The molecule has 0 aliphatic carbocycles. The van der Waals surface area contributed by atoms with Crippen molar-refractivity contribution in [3.63, 3.8) is 0 Å². The van der Waals surface area contributed by atoms with Gasteiger partial charge in [-0.1, -0.05) is 35.9 Å². The number of nitrogens with one attached hydrogen (secondary N) is 3. The molecule has 122 valence electrons. The van der Waals surface area contributed by atoms with Gasteiger partial charge in [-0.2, -0.15) is 5.21 Å². The van der Waals surface area contributed by atoms with Gasteiger partial charge in [-0.05, 0) is 29.8 Å². The molecule has 1 heterocycles. The highest BCUT2D eigenvalue weighted by molar-refractivity contribution is 6.33. The van der Waals surface area contributed by atoms with Crippen LogP contribution in [0.15, 0.2) is 48.5 Å². The van der Waals surface area contributed by atoms with E-state index >= 15 is 0 Å². The molecule has 0 aliphatic rings. The van der Waals surface area contributed by atoms with Crippen molar-refractivity contribution in [2.24, 2.45) is 0 Å². The Balaban J connectivity index is 1.69. The molecule has 0 radical (unpaired) electrons. The van der Waals surface area contributed by atoms with Gasteiger partial charge in [0, 0.05) is 6.54 Å². The van der Waals surface area contributed by atoms with E-state index in [0.717, 1.165) is 5.56 Å². The van der Waals surface area contributed by atoms with Gasteiger partial charge in [0.05, 0.1) is 10.7 Å². The number of aromatic nitrogens is 3. The van der Waals surface area contributed by atoms with E-state index in [2.05, 4.69) is 26.0 Å². The largest absolute Gasteiger partial charge is 0.346 e. The molecular weight excluding hydrogens is 333 g/mol. The van der Waals surface area contributed by atoms with Crippen LogP contribution in [0.25, 0.3) is 0 Å². The first-order valence-corrected chi connectivity index (χ1v) is 7.46. The molecule has 0 atom stereocenters. The Labute approximate surface area is 142 Å². The number of H-pyrrole nitrogens is 1. The van der Waals surface area contributed by atoms with Crippen molar-refractivity contribution < 1.29 is 9.18 Å². The minimum atomic E-state index is -0.414. The average molecular weight is 346 g/mol. The molecule has 0 spiro atoms. The summed E-state index contributed by atoms with van der Waals surface area (Å²) in [6, 6.07) is 13.0. The normalized spacial score (nSPS) is 10.4. The van der Waals surface area contributed by atoms with Crippen molar-refractivity contribution in [1.29, 1.82) is 0 Å². The Morgan fingerprint density at radius 1 is 1.12 bits per heavy atom. The smallest absolute Gasteiger partial charge is 0.275 e. The lowest BCUT2D eigenvalue weighted by atomic mass is 10.2. The highest BCUT2D eigenvalue weighted by atomic mass is 35.5. The van der Waals surface area contributed by atoms with Gasteiger partial charge in [-0.15, -0.1) is 10.2 Å². The van der Waals surface area contributed by atoms with Crippen LogP contribution in [-0.4, -0.2) is 21.3 Å². The molecule has 0 fully saturated rings. The topological polar surface area (TPSA) is 82.7 Å². The van der Waals surface area contributed by atoms with Crippen LogP contribution in [0.2, 0.25) is 5.02 Å². The van der Waals surface area contributed by atoms with E-state index in [0.29, 0.717) is 10.7 Å². The van der Waals surface area contributed by atoms with Gasteiger partial charge in [0.1, 0.15) is 5.82 Å². The van der Waals surface area contributed by atoms with Gasteiger partial charge in [0.2, 0.25) is 0 Å². The van der Waals surface area contributed by atoms with Gasteiger partial charge in [-0.3, -0.25) is 4.79 Å². The van der Waals surface area contributed by atoms with E-state index in [1.807, 2.05) is 6.07 Å². The van der Waals surface area contributed by atoms with Crippen LogP contribution in [0.1, 0.15) is 16.1 Å². The number of aromatic amines is 1. The molecule has 1 amide bonds. The SMILES string of the molecule is O=C(NCc1ccc(F)cc1)c1n[nH]nc1Nc1ccccc1Cl. The van der Waals surface area contributed by atoms with E-state index < -0.39 is 5.91 Å². The molecule has 1 aromatic heterocycles. The summed E-state index contributed by atoms with van der Waals surface area (Å²) in [7, 11) is 0. The van der Waals surface area contributed by atoms with Gasteiger partial charge in [0.15, 0.2) is 11.5 Å². The maximum absolute atomic E-state index is 12.9. The zero-order valence-corrected chi connectivity index (χ0v) is 13.1. The summed E-state index contributed by atoms with van der Waals surface area (Å²) in [6.45, 7) is 0.248. The Hall–Kier alpha value is -2.93. The standard InChI is InChI=1S/C16H13ClFN5O/c17-12-3-1-2-4-13(12)20-15-14(21-23-22-15)16(24)19-9-10-5-7-11(18)8-6-10/h1-8H,9H2,(H,19,24)(H2,20,21,22,23). The lowest BCUT2D eigenvalue weighted by molar-refractivity contribution is 0.0946. The molecule has 3 N–H and O–H groups in total. The molecule has 0 unspecified atom stereocenters. The first kappa shape index (κ1) is 15.9. The van der Waals surface area contributed by atoms with Crippen LogP contribution < -0.4 is 10.6 Å². The molecule has 3 aromatic rings. The fraction of sp³-hybridized carbons (Fsp3) is 0.0625. The minimum absolute atomic E-state index is 0.108. The minimum Gasteiger partial charge on any atom is -0.346 e. The third-order valence-corrected chi connectivity index (χ3v) is 3.59. The quantitative estimate of drug-likeness (QED) is 0.662. The van der Waals surface area contributed by atoms with Crippen molar-refractivity contribution in [3.8, 4) is 0 Å². The first-order valence-electron chi connectivity index (χ1n) is 7.08. The molecule has 8 heteroatoms. The maximum Gasteiger partial charge on any atom is 0.275 e. The number of anilines is 2. The zero-order chi connectivity index (χ0) is 16.9. The van der Waals surface area contributed by atoms with Crippen LogP contribution >= 0.6 is 11.6 Å². The van der Waals surface area contributed by atoms with Gasteiger partial charge >= 0.3 is 0 Å². The second kappa shape index (κ2) is 7.10. The third kappa shape index (κ3) is 3.69. The number of carbonyl (C=O) groups excluding carboxylic acids is 1. The summed E-state index contributed by atoms with van der Waals surface area (Å²) in [5, 5.41) is 16.4. The highest BCUT2D eigenvalue weighted by Crippen LogP contribution is 2.24. The molecule has 3 rings (SSSR count). The van der Waals surface area contributed by atoms with E-state index in [-0.39, 0.29) is 23.9 Å². The molecule has 0 saturated heterocycles. The summed E-state index contributed by atoms with van der Waals surface area (Å²) < 4.78 is 12.9. The van der Waals surface area contributed by atoms with E-state index in [4.69, 9.17) is 11.6 Å². The van der Waals surface area contributed by atoms with Gasteiger partial charge in [0.25, 0.3) is 5.91 Å². The summed E-state index contributed by atoms with van der Waals surface area (Å²) in [5.41, 5.74) is 1.49. The molecule has 0 saturated carbocycles. The Kier molecular flexibility index (Phi) is 4.72. The average Bonchev–Trinajstić information content (AvgIpc) is 3.04. The first-order chi connectivity index (χ1) is 11.6. The maximum atomic E-state index is 12.9. The Morgan fingerprint density at radius 3 is 2.62 bits per heavy atom. The Morgan fingerprint density at radius 2 is 1.88 bits per heavy atom. The number of halogens is 2. The molecule has 2 aromatic carbocycles. The molecule has 0 bridgehead atoms. The highest BCUT2D eigenvalue weighted by Gasteiger charge is 2.17. The summed E-state index contributed by atoms with van der Waals surface area (Å²) in [6.07, 6.45) is 0. The van der Waals surface area contributed by atoms with E-state index in [1.54, 1.807) is 30.3 Å². The van der Waals surface area contributed by atoms with E-state index in [1.165, 1.54) is 12.1 Å². The fourth-order valence-corrected chi connectivity index (χ4v) is 2.22. The van der Waals surface area contributed by atoms with Crippen molar-refractivity contribution in [2.45, 2.75) is 6.54 Å². The van der Waals surface area contributed by atoms with Crippen molar-refractivity contribution >= 4 is 29.0 Å². The van der Waals surface area contributed by atoms with Crippen LogP contribution in [0.3, 0.4) is 0 Å². The molecule has 0 aliphatic heterocycles. The monoisotopic (exact) mass is 345 g/mol. The number of rotatable bonds is 5. The van der Waals surface area contributed by atoms with E-state index in [9.17, 15) is 9.18 Å². The number of para-hydroxylation sites is 1. The second-order valence-electron chi connectivity index (χ2n) is 4.93. The predicted molar refractivity (Wildman–Crippen MR) is 88.7 cm³/mol. The summed E-state index contributed by atoms with van der Waals surface area (Å²) in [5.74, 6) is -0.477. The number of nitrogens with zero attached hydrogens (tertiary/aromatic N) is 2. The Bertz CT molecular complexity index is 850. The molecule has 6 nitrogen and oxygen atoms in total. The van der Waals surface area contributed by atoms with Crippen LogP contribution in [-0.2, 0) is 6.54 Å². The second-order valence-corrected chi connectivity index (χ2v) is 5.34. The number of hydrogen-bond donors (Lipinski definition) is 3. The molecule has 24 heavy (non-hydrogen) atoms. The third-order valence-electron chi connectivity index (χ3n) is 3.26. The summed E-state index contributed by atoms with van der Waals surface area (Å²) in [4.78, 5) is 12.3. The van der Waals surface area contributed by atoms with Gasteiger partial charge < -0.3 is 10.6 Å². The fourth-order valence-electron chi connectivity index (χ4n) is 2.03. The van der Waals surface area contributed by atoms with Crippen LogP contribution in [0.4, 0.5) is 15.9 Å². The number of hydrogen-bond acceptors (Lipinski definition) is 4. The number of amides is 1. The lowest BCUT2D eigenvalue weighted by Gasteiger charge is -2.07. The zero-order valence-electron chi connectivity index (χ0n) is 12.4. The van der Waals surface area contributed by atoms with Crippen molar-refractivity contribution in [3.05, 3.63) is 70.6 Å². The van der Waals surface area contributed by atoms with Crippen molar-refractivity contribution in [1.82, 2.24) is 20.7 Å². The number of benzene rings is 2. The predicted octanol–water partition coefficient (Wildman–Crippen LogP) is 3.27. The van der Waals surface area contributed by atoms with Crippen molar-refractivity contribution in [2.75, 3.05) is 5.32 Å². The van der Waals surface area contributed by atoms with Gasteiger partial charge in [-0.25, -0.2) is 4.39 Å². The summed E-state index contributed by atoms with van der Waals surface area (Å²) >= 11 is 6.07. The van der Waals surface area contributed by atoms with Crippen LogP contribution in [0, 0.1) is 5.82 Å². The molecular formula is C16H13ClFN5O. The van der Waals surface area contributed by atoms with Crippen LogP contribution in [0.5, 0.6) is 0 Å². The lowest BCUT2D eigenvalue weighted by Crippen LogP contribution is -2.24. The number of carbonyl (C=O) groups is 1.